The second-order valence-corrected chi connectivity index (χ2v) is 4.64. The Morgan fingerprint density at radius 3 is 2.19 bits per heavy atom. The number of ether oxygens (including phenoxy) is 3. The van der Waals surface area contributed by atoms with Crippen molar-refractivity contribution in [2.45, 2.75) is 13.1 Å². The zero-order chi connectivity index (χ0) is 15.2. The summed E-state index contributed by atoms with van der Waals surface area (Å²) in [6.07, 6.45) is 3.82. The van der Waals surface area contributed by atoms with Gasteiger partial charge in [-0.3, -0.25) is 4.68 Å². The first-order chi connectivity index (χ1) is 10.2. The Labute approximate surface area is 124 Å². The largest absolute Gasteiger partial charge is 0.496 e. The van der Waals surface area contributed by atoms with Crippen LogP contribution in [0.15, 0.2) is 24.5 Å². The van der Waals surface area contributed by atoms with Crippen molar-refractivity contribution in [2.75, 3.05) is 21.3 Å². The fraction of sp³-hybridized carbons (Fsp3) is 0.400. The summed E-state index contributed by atoms with van der Waals surface area (Å²) in [5.74, 6) is 2.19. The number of methoxy groups -OCH3 is 3. The number of benzene rings is 1. The smallest absolute Gasteiger partial charge is 0.130 e. The molecule has 6 heteroatoms. The maximum absolute atomic E-state index is 5.42. The third-order valence-electron chi connectivity index (χ3n) is 3.21. The molecular formula is C15H21N3O3. The lowest BCUT2D eigenvalue weighted by Gasteiger charge is -2.15. The molecule has 0 aliphatic heterocycles. The van der Waals surface area contributed by atoms with E-state index in [1.807, 2.05) is 31.6 Å². The highest BCUT2D eigenvalue weighted by molar-refractivity contribution is 5.50. The fourth-order valence-electron chi connectivity index (χ4n) is 2.15. The minimum Gasteiger partial charge on any atom is -0.496 e. The van der Waals surface area contributed by atoms with E-state index in [-0.39, 0.29) is 0 Å². The molecule has 2 aromatic rings. The topological polar surface area (TPSA) is 57.5 Å². The van der Waals surface area contributed by atoms with Crippen molar-refractivity contribution in [1.29, 1.82) is 0 Å². The summed E-state index contributed by atoms with van der Waals surface area (Å²) in [6.45, 7) is 1.36. The molecule has 0 saturated heterocycles. The summed E-state index contributed by atoms with van der Waals surface area (Å²) < 4.78 is 17.9. The molecule has 0 saturated carbocycles. The molecule has 1 heterocycles. The number of nitrogens with zero attached hydrogens (tertiary/aromatic N) is 2. The standard InChI is InChI=1S/C15H21N3O3/c1-18-10-11(8-17-18)7-16-9-13-14(20-3)5-12(19-2)6-15(13)21-4/h5-6,8,10,16H,7,9H2,1-4H3. The number of aromatic nitrogens is 2. The molecule has 0 aliphatic rings. The van der Waals surface area contributed by atoms with Crippen molar-refractivity contribution in [3.05, 3.63) is 35.7 Å². The molecule has 0 spiro atoms. The van der Waals surface area contributed by atoms with Crippen molar-refractivity contribution in [3.8, 4) is 17.2 Å². The van der Waals surface area contributed by atoms with Crippen molar-refractivity contribution in [1.82, 2.24) is 15.1 Å². The van der Waals surface area contributed by atoms with Crippen LogP contribution in [0.5, 0.6) is 17.2 Å². The van der Waals surface area contributed by atoms with Crippen LogP contribution >= 0.6 is 0 Å². The van der Waals surface area contributed by atoms with Crippen LogP contribution in [0.2, 0.25) is 0 Å². The maximum atomic E-state index is 5.42. The monoisotopic (exact) mass is 291 g/mol. The zero-order valence-electron chi connectivity index (χ0n) is 12.8. The molecule has 6 nitrogen and oxygen atoms in total. The van der Waals surface area contributed by atoms with Gasteiger partial charge in [-0.1, -0.05) is 0 Å². The molecule has 0 aliphatic carbocycles. The Morgan fingerprint density at radius 1 is 1.05 bits per heavy atom. The van der Waals surface area contributed by atoms with Gasteiger partial charge < -0.3 is 19.5 Å². The van der Waals surface area contributed by atoms with E-state index in [1.165, 1.54) is 0 Å². The van der Waals surface area contributed by atoms with Crippen LogP contribution in [-0.2, 0) is 20.1 Å². The van der Waals surface area contributed by atoms with E-state index in [2.05, 4.69) is 10.4 Å². The van der Waals surface area contributed by atoms with Crippen LogP contribution in [0.4, 0.5) is 0 Å². The van der Waals surface area contributed by atoms with Gasteiger partial charge >= 0.3 is 0 Å². The van der Waals surface area contributed by atoms with Gasteiger partial charge in [-0.2, -0.15) is 5.10 Å². The summed E-state index contributed by atoms with van der Waals surface area (Å²) in [5.41, 5.74) is 2.09. The number of hydrogen-bond acceptors (Lipinski definition) is 5. The fourth-order valence-corrected chi connectivity index (χ4v) is 2.15. The van der Waals surface area contributed by atoms with Crippen molar-refractivity contribution < 1.29 is 14.2 Å². The predicted molar refractivity (Wildman–Crippen MR) is 79.8 cm³/mol. The number of nitrogens with one attached hydrogen (secondary N) is 1. The van der Waals surface area contributed by atoms with E-state index in [1.54, 1.807) is 26.0 Å². The van der Waals surface area contributed by atoms with Crippen molar-refractivity contribution in [3.63, 3.8) is 0 Å². The predicted octanol–water partition coefficient (Wildman–Crippen LogP) is 1.74. The Kier molecular flexibility index (Phi) is 5.05. The van der Waals surface area contributed by atoms with Crippen LogP contribution in [0.3, 0.4) is 0 Å². The normalized spacial score (nSPS) is 10.5. The Morgan fingerprint density at radius 2 is 1.71 bits per heavy atom. The molecule has 0 atom stereocenters. The van der Waals surface area contributed by atoms with Crippen LogP contribution in [0.25, 0.3) is 0 Å². The Hall–Kier alpha value is -2.21. The molecule has 0 fully saturated rings. The van der Waals surface area contributed by atoms with E-state index in [0.29, 0.717) is 12.3 Å². The molecule has 1 N–H and O–H groups in total. The first-order valence-corrected chi connectivity index (χ1v) is 6.65. The SMILES string of the molecule is COc1cc(OC)c(CNCc2cnn(C)c2)c(OC)c1. The Bertz CT molecular complexity index is 571. The molecule has 0 amide bonds. The highest BCUT2D eigenvalue weighted by Gasteiger charge is 2.12. The van der Waals surface area contributed by atoms with Gasteiger partial charge in [-0.05, 0) is 0 Å². The molecule has 0 radical (unpaired) electrons. The molecule has 1 aromatic heterocycles. The Balaban J connectivity index is 2.10. The van der Waals surface area contributed by atoms with Crippen molar-refractivity contribution >= 4 is 0 Å². The molecule has 0 unspecified atom stereocenters. The molecule has 21 heavy (non-hydrogen) atoms. The molecule has 114 valence electrons. The second-order valence-electron chi connectivity index (χ2n) is 4.64. The summed E-state index contributed by atoms with van der Waals surface area (Å²) in [4.78, 5) is 0. The van der Waals surface area contributed by atoms with E-state index < -0.39 is 0 Å². The third-order valence-corrected chi connectivity index (χ3v) is 3.21. The lowest BCUT2D eigenvalue weighted by atomic mass is 10.1. The maximum Gasteiger partial charge on any atom is 0.130 e. The zero-order valence-corrected chi connectivity index (χ0v) is 12.8. The molecule has 0 bridgehead atoms. The average Bonchev–Trinajstić information content (AvgIpc) is 2.92. The van der Waals surface area contributed by atoms with Gasteiger partial charge in [-0.15, -0.1) is 0 Å². The van der Waals surface area contributed by atoms with E-state index in [4.69, 9.17) is 14.2 Å². The quantitative estimate of drug-likeness (QED) is 0.842. The van der Waals surface area contributed by atoms with E-state index in [9.17, 15) is 0 Å². The lowest BCUT2D eigenvalue weighted by molar-refractivity contribution is 0.366. The van der Waals surface area contributed by atoms with Crippen LogP contribution < -0.4 is 19.5 Å². The molecule has 2 rings (SSSR count). The number of aryl methyl sites for hydroxylation is 1. The summed E-state index contributed by atoms with van der Waals surface area (Å²) in [5, 5.41) is 7.51. The van der Waals surface area contributed by atoms with Crippen LogP contribution in [-0.4, -0.2) is 31.1 Å². The molecule has 1 aromatic carbocycles. The van der Waals surface area contributed by atoms with Gasteiger partial charge in [0.2, 0.25) is 0 Å². The number of rotatable bonds is 7. The highest BCUT2D eigenvalue weighted by Crippen LogP contribution is 2.33. The van der Waals surface area contributed by atoms with Gasteiger partial charge in [0, 0.05) is 44.0 Å². The van der Waals surface area contributed by atoms with Gasteiger partial charge in [-0.25, -0.2) is 0 Å². The third kappa shape index (κ3) is 3.66. The number of hydrogen-bond donors (Lipinski definition) is 1. The second kappa shape index (κ2) is 6.99. The van der Waals surface area contributed by atoms with Gasteiger partial charge in [0.25, 0.3) is 0 Å². The summed E-state index contributed by atoms with van der Waals surface area (Å²) in [6, 6.07) is 3.70. The van der Waals surface area contributed by atoms with Crippen molar-refractivity contribution in [2.24, 2.45) is 7.05 Å². The summed E-state index contributed by atoms with van der Waals surface area (Å²) >= 11 is 0. The van der Waals surface area contributed by atoms with E-state index >= 15 is 0 Å². The summed E-state index contributed by atoms with van der Waals surface area (Å²) in [7, 11) is 6.80. The average molecular weight is 291 g/mol. The molecular weight excluding hydrogens is 270 g/mol. The van der Waals surface area contributed by atoms with E-state index in [0.717, 1.165) is 29.2 Å². The first-order valence-electron chi connectivity index (χ1n) is 6.65. The minimum atomic E-state index is 0.630. The van der Waals surface area contributed by atoms with Gasteiger partial charge in [0.1, 0.15) is 17.2 Å². The van der Waals surface area contributed by atoms with Crippen LogP contribution in [0, 0.1) is 0 Å². The van der Waals surface area contributed by atoms with Gasteiger partial charge in [0.15, 0.2) is 0 Å². The first kappa shape index (κ1) is 15.2. The lowest BCUT2D eigenvalue weighted by Crippen LogP contribution is -2.14. The van der Waals surface area contributed by atoms with Gasteiger partial charge in [0.05, 0.1) is 33.1 Å². The minimum absolute atomic E-state index is 0.630. The van der Waals surface area contributed by atoms with Crippen LogP contribution in [0.1, 0.15) is 11.1 Å². The highest BCUT2D eigenvalue weighted by atomic mass is 16.5.